The molecule has 0 saturated heterocycles. The number of nitrogens with zero attached hydrogens (tertiary/aromatic N) is 1. The molecule has 1 aromatic heterocycles. The van der Waals surface area contributed by atoms with Crippen molar-refractivity contribution in [2.24, 2.45) is 5.73 Å². The van der Waals surface area contributed by atoms with Crippen molar-refractivity contribution in [3.05, 3.63) is 41.6 Å². The Bertz CT molecular complexity index is 552. The topological polar surface area (TPSA) is 76.2 Å². The van der Waals surface area contributed by atoms with Gasteiger partial charge in [-0.25, -0.2) is 0 Å². The van der Waals surface area contributed by atoms with Gasteiger partial charge < -0.3 is 10.8 Å². The smallest absolute Gasteiger partial charge is 0.250 e. The standard InChI is InChI=1S/C12H12N2O2/c1-7-2-3-8-6-9(11(15)12(13)16)4-5-10(8)14-7/h2-6,11,15H,1H3,(H2,13,16). The van der Waals surface area contributed by atoms with E-state index in [-0.39, 0.29) is 0 Å². The van der Waals surface area contributed by atoms with Crippen molar-refractivity contribution in [2.75, 3.05) is 0 Å². The lowest BCUT2D eigenvalue weighted by Gasteiger charge is -2.07. The van der Waals surface area contributed by atoms with Crippen LogP contribution in [0.25, 0.3) is 10.9 Å². The lowest BCUT2D eigenvalue weighted by atomic mass is 10.1. The normalized spacial score (nSPS) is 12.6. The summed E-state index contributed by atoms with van der Waals surface area (Å²) in [6.07, 6.45) is -1.26. The highest BCUT2D eigenvalue weighted by molar-refractivity contribution is 5.84. The lowest BCUT2D eigenvalue weighted by molar-refractivity contribution is -0.126. The van der Waals surface area contributed by atoms with Gasteiger partial charge in [0.25, 0.3) is 5.91 Å². The van der Waals surface area contributed by atoms with Gasteiger partial charge in [-0.3, -0.25) is 9.78 Å². The number of hydrogen-bond acceptors (Lipinski definition) is 3. The molecule has 0 fully saturated rings. The van der Waals surface area contributed by atoms with Crippen molar-refractivity contribution in [1.29, 1.82) is 0 Å². The van der Waals surface area contributed by atoms with E-state index in [1.54, 1.807) is 18.2 Å². The fourth-order valence-electron chi connectivity index (χ4n) is 1.58. The number of aryl methyl sites for hydroxylation is 1. The van der Waals surface area contributed by atoms with E-state index in [1.165, 1.54) is 0 Å². The largest absolute Gasteiger partial charge is 0.378 e. The summed E-state index contributed by atoms with van der Waals surface area (Å²) < 4.78 is 0. The number of aliphatic hydroxyl groups excluding tert-OH is 1. The van der Waals surface area contributed by atoms with Crippen LogP contribution in [0.5, 0.6) is 0 Å². The van der Waals surface area contributed by atoms with E-state index in [4.69, 9.17) is 5.73 Å². The van der Waals surface area contributed by atoms with E-state index in [9.17, 15) is 9.90 Å². The zero-order chi connectivity index (χ0) is 11.7. The van der Waals surface area contributed by atoms with Crippen molar-refractivity contribution >= 4 is 16.8 Å². The highest BCUT2D eigenvalue weighted by Gasteiger charge is 2.13. The van der Waals surface area contributed by atoms with Gasteiger partial charge in [-0.2, -0.15) is 0 Å². The van der Waals surface area contributed by atoms with Gasteiger partial charge in [0.1, 0.15) is 0 Å². The maximum absolute atomic E-state index is 10.8. The first-order valence-corrected chi connectivity index (χ1v) is 4.92. The molecule has 0 saturated carbocycles. The van der Waals surface area contributed by atoms with Crippen molar-refractivity contribution in [3.8, 4) is 0 Å². The number of rotatable bonds is 2. The number of amides is 1. The minimum absolute atomic E-state index is 0.491. The Morgan fingerprint density at radius 1 is 1.38 bits per heavy atom. The second-order valence-corrected chi connectivity index (χ2v) is 3.71. The summed E-state index contributed by atoms with van der Waals surface area (Å²) in [5.74, 6) is -0.751. The summed E-state index contributed by atoms with van der Waals surface area (Å²) in [6.45, 7) is 1.91. The van der Waals surface area contributed by atoms with E-state index in [0.29, 0.717) is 5.56 Å². The predicted molar refractivity (Wildman–Crippen MR) is 60.6 cm³/mol. The van der Waals surface area contributed by atoms with Gasteiger partial charge in [-0.1, -0.05) is 12.1 Å². The maximum atomic E-state index is 10.8. The molecule has 1 aromatic carbocycles. The average molecular weight is 216 g/mol. The summed E-state index contributed by atoms with van der Waals surface area (Å²) in [5, 5.41) is 10.4. The molecule has 4 nitrogen and oxygen atoms in total. The number of nitrogens with two attached hydrogens (primary N) is 1. The second-order valence-electron chi connectivity index (χ2n) is 3.71. The number of aromatic nitrogens is 1. The molecule has 0 aliphatic rings. The third-order valence-electron chi connectivity index (χ3n) is 2.44. The molecule has 0 aliphatic carbocycles. The molecule has 0 radical (unpaired) electrons. The number of benzene rings is 1. The van der Waals surface area contributed by atoms with Crippen LogP contribution in [0.1, 0.15) is 17.4 Å². The fourth-order valence-corrected chi connectivity index (χ4v) is 1.58. The Kier molecular flexibility index (Phi) is 2.58. The van der Waals surface area contributed by atoms with Gasteiger partial charge in [0.15, 0.2) is 6.10 Å². The summed E-state index contributed by atoms with van der Waals surface area (Å²) in [4.78, 5) is 15.2. The molecule has 82 valence electrons. The van der Waals surface area contributed by atoms with Crippen LogP contribution < -0.4 is 5.73 Å². The molecule has 0 aliphatic heterocycles. The summed E-state index contributed by atoms with van der Waals surface area (Å²) >= 11 is 0. The van der Waals surface area contributed by atoms with E-state index in [2.05, 4.69) is 4.98 Å². The van der Waals surface area contributed by atoms with Gasteiger partial charge in [0, 0.05) is 11.1 Å². The van der Waals surface area contributed by atoms with Crippen molar-refractivity contribution < 1.29 is 9.90 Å². The zero-order valence-corrected chi connectivity index (χ0v) is 8.84. The Labute approximate surface area is 92.7 Å². The van der Waals surface area contributed by atoms with Crippen LogP contribution in [0.15, 0.2) is 30.3 Å². The number of carbonyl (C=O) groups is 1. The molecule has 1 unspecified atom stereocenters. The Morgan fingerprint density at radius 2 is 2.12 bits per heavy atom. The molecule has 0 spiro atoms. The van der Waals surface area contributed by atoms with Crippen LogP contribution in [-0.4, -0.2) is 16.0 Å². The number of hydrogen-bond donors (Lipinski definition) is 2. The van der Waals surface area contributed by atoms with E-state index in [0.717, 1.165) is 16.6 Å². The van der Waals surface area contributed by atoms with Gasteiger partial charge in [-0.15, -0.1) is 0 Å². The van der Waals surface area contributed by atoms with Gasteiger partial charge in [-0.05, 0) is 30.7 Å². The number of fused-ring (bicyclic) bond motifs is 1. The first-order valence-electron chi connectivity index (χ1n) is 4.92. The molecule has 4 heteroatoms. The number of pyridine rings is 1. The van der Waals surface area contributed by atoms with Crippen molar-refractivity contribution in [1.82, 2.24) is 4.98 Å². The minimum Gasteiger partial charge on any atom is -0.378 e. The van der Waals surface area contributed by atoms with Crippen LogP contribution in [0.4, 0.5) is 0 Å². The second kappa shape index (κ2) is 3.90. The summed E-state index contributed by atoms with van der Waals surface area (Å²) in [5.41, 5.74) is 7.28. The van der Waals surface area contributed by atoms with E-state index in [1.807, 2.05) is 19.1 Å². The quantitative estimate of drug-likeness (QED) is 0.788. The van der Waals surface area contributed by atoms with E-state index >= 15 is 0 Å². The molecule has 2 rings (SSSR count). The Morgan fingerprint density at radius 3 is 2.81 bits per heavy atom. The van der Waals surface area contributed by atoms with Crippen LogP contribution >= 0.6 is 0 Å². The third kappa shape index (κ3) is 1.87. The van der Waals surface area contributed by atoms with Gasteiger partial charge >= 0.3 is 0 Å². The van der Waals surface area contributed by atoms with Crippen LogP contribution in [0.2, 0.25) is 0 Å². The molecular weight excluding hydrogens is 204 g/mol. The number of primary amides is 1. The monoisotopic (exact) mass is 216 g/mol. The molecular formula is C12H12N2O2. The van der Waals surface area contributed by atoms with Crippen LogP contribution in [0, 0.1) is 6.92 Å². The average Bonchev–Trinajstić information content (AvgIpc) is 2.27. The summed E-state index contributed by atoms with van der Waals surface area (Å²) in [6, 6.07) is 8.92. The summed E-state index contributed by atoms with van der Waals surface area (Å²) in [7, 11) is 0. The van der Waals surface area contributed by atoms with Crippen molar-refractivity contribution in [3.63, 3.8) is 0 Å². The molecule has 3 N–H and O–H groups in total. The van der Waals surface area contributed by atoms with Crippen LogP contribution in [0.3, 0.4) is 0 Å². The molecule has 1 heterocycles. The zero-order valence-electron chi connectivity index (χ0n) is 8.84. The predicted octanol–water partition coefficient (Wildman–Crippen LogP) is 1.06. The molecule has 1 atom stereocenters. The Hall–Kier alpha value is -1.94. The highest BCUT2D eigenvalue weighted by Crippen LogP contribution is 2.19. The Balaban J connectivity index is 2.52. The fraction of sp³-hybridized carbons (Fsp3) is 0.167. The number of aliphatic hydroxyl groups is 1. The third-order valence-corrected chi connectivity index (χ3v) is 2.44. The van der Waals surface area contributed by atoms with Gasteiger partial charge in [0.05, 0.1) is 5.52 Å². The first-order chi connectivity index (χ1) is 7.58. The van der Waals surface area contributed by atoms with E-state index < -0.39 is 12.0 Å². The van der Waals surface area contributed by atoms with Crippen molar-refractivity contribution in [2.45, 2.75) is 13.0 Å². The molecule has 16 heavy (non-hydrogen) atoms. The van der Waals surface area contributed by atoms with Crippen LogP contribution in [-0.2, 0) is 4.79 Å². The molecule has 1 amide bonds. The minimum atomic E-state index is -1.26. The SMILES string of the molecule is Cc1ccc2cc(C(O)C(N)=O)ccc2n1. The van der Waals surface area contributed by atoms with Gasteiger partial charge in [0.2, 0.25) is 0 Å². The molecule has 2 aromatic rings. The highest BCUT2D eigenvalue weighted by atomic mass is 16.3. The molecule has 0 bridgehead atoms. The first kappa shape index (κ1) is 10.6. The lowest BCUT2D eigenvalue weighted by Crippen LogP contribution is -2.20. The number of carbonyl (C=O) groups excluding carboxylic acids is 1. The maximum Gasteiger partial charge on any atom is 0.250 e.